The number of aryl methyl sites for hydroxylation is 1. The van der Waals surface area contributed by atoms with Crippen LogP contribution in [0, 0.1) is 5.41 Å². The molecule has 0 aliphatic rings. The van der Waals surface area contributed by atoms with Crippen LogP contribution in [-0.2, 0) is 16.0 Å². The molecule has 5 heteroatoms. The van der Waals surface area contributed by atoms with Crippen molar-refractivity contribution in [1.29, 1.82) is 0 Å². The van der Waals surface area contributed by atoms with Gasteiger partial charge >= 0.3 is 5.97 Å². The molecule has 0 saturated carbocycles. The first-order valence-electron chi connectivity index (χ1n) is 7.28. The second-order valence-corrected chi connectivity index (χ2v) is 5.31. The Kier molecular flexibility index (Phi) is 6.21. The highest BCUT2D eigenvalue weighted by Crippen LogP contribution is 2.25. The summed E-state index contributed by atoms with van der Waals surface area (Å²) in [6, 6.07) is 7.41. The summed E-state index contributed by atoms with van der Waals surface area (Å²) >= 11 is 0. The number of hydrogen-bond acceptors (Lipinski definition) is 3. The standard InChI is InChI=1S/C16H24N2O3/c1-3-16(4-2,15(20)21)11-18-14(19)9-8-12-6-5-7-13(17)10-12/h5-7,10H,3-4,8-9,11,17H2,1-2H3,(H,18,19)(H,20,21). The van der Waals surface area contributed by atoms with Gasteiger partial charge in [0.1, 0.15) is 0 Å². The molecule has 0 atom stereocenters. The van der Waals surface area contributed by atoms with Gasteiger partial charge in [-0.05, 0) is 37.0 Å². The molecule has 0 bridgehead atoms. The summed E-state index contributed by atoms with van der Waals surface area (Å²) in [4.78, 5) is 23.2. The number of amides is 1. The van der Waals surface area contributed by atoms with Crippen LogP contribution in [0.2, 0.25) is 0 Å². The van der Waals surface area contributed by atoms with Crippen LogP contribution in [0.1, 0.15) is 38.7 Å². The number of nitrogen functional groups attached to an aromatic ring is 1. The number of carboxylic acid groups (broad SMARTS) is 1. The average molecular weight is 292 g/mol. The highest BCUT2D eigenvalue weighted by molar-refractivity contribution is 5.79. The molecule has 1 aromatic carbocycles. The van der Waals surface area contributed by atoms with Gasteiger partial charge in [0.15, 0.2) is 0 Å². The maximum atomic E-state index is 11.9. The van der Waals surface area contributed by atoms with Crippen LogP contribution in [-0.4, -0.2) is 23.5 Å². The number of nitrogens with one attached hydrogen (secondary N) is 1. The van der Waals surface area contributed by atoms with Crippen molar-refractivity contribution in [2.45, 2.75) is 39.5 Å². The van der Waals surface area contributed by atoms with Crippen molar-refractivity contribution in [2.75, 3.05) is 12.3 Å². The molecule has 116 valence electrons. The molecule has 1 aromatic rings. The van der Waals surface area contributed by atoms with Crippen molar-refractivity contribution >= 4 is 17.6 Å². The van der Waals surface area contributed by atoms with E-state index in [1.165, 1.54) is 0 Å². The Morgan fingerprint density at radius 1 is 1.29 bits per heavy atom. The largest absolute Gasteiger partial charge is 0.481 e. The molecule has 0 radical (unpaired) electrons. The molecule has 21 heavy (non-hydrogen) atoms. The zero-order chi connectivity index (χ0) is 15.9. The van der Waals surface area contributed by atoms with E-state index in [1.807, 2.05) is 32.0 Å². The van der Waals surface area contributed by atoms with E-state index in [4.69, 9.17) is 5.73 Å². The van der Waals surface area contributed by atoms with E-state index < -0.39 is 11.4 Å². The van der Waals surface area contributed by atoms with E-state index in [1.54, 1.807) is 6.07 Å². The van der Waals surface area contributed by atoms with E-state index in [9.17, 15) is 14.7 Å². The average Bonchev–Trinajstić information content (AvgIpc) is 2.46. The Morgan fingerprint density at radius 2 is 1.95 bits per heavy atom. The van der Waals surface area contributed by atoms with Gasteiger partial charge in [-0.15, -0.1) is 0 Å². The minimum atomic E-state index is -0.868. The lowest BCUT2D eigenvalue weighted by molar-refractivity contribution is -0.149. The third-order valence-electron chi connectivity index (χ3n) is 4.02. The van der Waals surface area contributed by atoms with Gasteiger partial charge in [-0.2, -0.15) is 0 Å². The van der Waals surface area contributed by atoms with E-state index in [2.05, 4.69) is 5.32 Å². The lowest BCUT2D eigenvalue weighted by Gasteiger charge is -2.26. The molecular formula is C16H24N2O3. The molecular weight excluding hydrogens is 268 g/mol. The predicted octanol–water partition coefficient (Wildman–Crippen LogP) is 2.21. The topological polar surface area (TPSA) is 92.4 Å². The zero-order valence-electron chi connectivity index (χ0n) is 12.7. The first kappa shape index (κ1) is 17.0. The number of rotatable bonds is 8. The highest BCUT2D eigenvalue weighted by atomic mass is 16.4. The SMILES string of the molecule is CCC(CC)(CNC(=O)CCc1cccc(N)c1)C(=O)O. The minimum absolute atomic E-state index is 0.134. The number of hydrogen-bond donors (Lipinski definition) is 3. The fourth-order valence-electron chi connectivity index (χ4n) is 2.24. The summed E-state index contributed by atoms with van der Waals surface area (Å²) in [7, 11) is 0. The Balaban J connectivity index is 2.49. The maximum Gasteiger partial charge on any atom is 0.311 e. The van der Waals surface area contributed by atoms with E-state index >= 15 is 0 Å². The van der Waals surface area contributed by atoms with Crippen molar-refractivity contribution in [2.24, 2.45) is 5.41 Å². The monoisotopic (exact) mass is 292 g/mol. The van der Waals surface area contributed by atoms with Gasteiger partial charge in [-0.25, -0.2) is 0 Å². The molecule has 0 heterocycles. The van der Waals surface area contributed by atoms with Crippen molar-refractivity contribution < 1.29 is 14.7 Å². The zero-order valence-corrected chi connectivity index (χ0v) is 12.7. The van der Waals surface area contributed by atoms with E-state index in [0.29, 0.717) is 31.4 Å². The fourth-order valence-corrected chi connectivity index (χ4v) is 2.24. The highest BCUT2D eigenvalue weighted by Gasteiger charge is 2.34. The van der Waals surface area contributed by atoms with Crippen molar-refractivity contribution in [3.05, 3.63) is 29.8 Å². The molecule has 1 amide bonds. The van der Waals surface area contributed by atoms with Crippen LogP contribution in [0.5, 0.6) is 0 Å². The minimum Gasteiger partial charge on any atom is -0.481 e. The van der Waals surface area contributed by atoms with Gasteiger partial charge in [0.2, 0.25) is 5.91 Å². The molecule has 0 spiro atoms. The summed E-state index contributed by atoms with van der Waals surface area (Å²) in [5.74, 6) is -0.992. The number of carboxylic acids is 1. The smallest absolute Gasteiger partial charge is 0.311 e. The van der Waals surface area contributed by atoms with Gasteiger partial charge in [0.25, 0.3) is 0 Å². The molecule has 0 aromatic heterocycles. The van der Waals surface area contributed by atoms with Gasteiger partial charge in [-0.1, -0.05) is 26.0 Å². The Labute approximate surface area is 125 Å². The molecule has 0 unspecified atom stereocenters. The summed E-state index contributed by atoms with van der Waals surface area (Å²) in [6.45, 7) is 3.83. The fraction of sp³-hybridized carbons (Fsp3) is 0.500. The van der Waals surface area contributed by atoms with Crippen LogP contribution >= 0.6 is 0 Å². The molecule has 0 fully saturated rings. The third kappa shape index (κ3) is 4.77. The lowest BCUT2D eigenvalue weighted by Crippen LogP contribution is -2.42. The number of anilines is 1. The lowest BCUT2D eigenvalue weighted by atomic mass is 9.82. The van der Waals surface area contributed by atoms with Crippen LogP contribution in [0.3, 0.4) is 0 Å². The Bertz CT molecular complexity index is 496. The second-order valence-electron chi connectivity index (χ2n) is 5.31. The summed E-state index contributed by atoms with van der Waals surface area (Å²) in [5, 5.41) is 12.1. The Morgan fingerprint density at radius 3 is 2.48 bits per heavy atom. The number of nitrogens with two attached hydrogens (primary N) is 1. The number of carbonyl (C=O) groups is 2. The van der Waals surface area contributed by atoms with Crippen LogP contribution < -0.4 is 11.1 Å². The number of aliphatic carboxylic acids is 1. The number of carbonyl (C=O) groups excluding carboxylic acids is 1. The van der Waals surface area contributed by atoms with Gasteiger partial charge in [0.05, 0.1) is 5.41 Å². The van der Waals surface area contributed by atoms with Gasteiger partial charge in [-0.3, -0.25) is 9.59 Å². The molecule has 4 N–H and O–H groups in total. The summed E-state index contributed by atoms with van der Waals surface area (Å²) in [6.07, 6.45) is 1.91. The second kappa shape index (κ2) is 7.67. The van der Waals surface area contributed by atoms with Crippen LogP contribution in [0.4, 0.5) is 5.69 Å². The van der Waals surface area contributed by atoms with Crippen LogP contribution in [0.15, 0.2) is 24.3 Å². The van der Waals surface area contributed by atoms with Crippen molar-refractivity contribution in [3.8, 4) is 0 Å². The number of benzene rings is 1. The molecule has 0 aliphatic heterocycles. The third-order valence-corrected chi connectivity index (χ3v) is 4.02. The Hall–Kier alpha value is -2.04. The first-order valence-corrected chi connectivity index (χ1v) is 7.28. The first-order chi connectivity index (χ1) is 9.93. The van der Waals surface area contributed by atoms with Crippen molar-refractivity contribution in [1.82, 2.24) is 5.32 Å². The van der Waals surface area contributed by atoms with Crippen LogP contribution in [0.25, 0.3) is 0 Å². The molecule has 0 aliphatic carbocycles. The molecule has 0 saturated heterocycles. The summed E-state index contributed by atoms with van der Waals surface area (Å²) < 4.78 is 0. The van der Waals surface area contributed by atoms with Gasteiger partial charge in [0, 0.05) is 18.7 Å². The molecule has 1 rings (SSSR count). The quantitative estimate of drug-likeness (QED) is 0.640. The van der Waals surface area contributed by atoms with E-state index in [-0.39, 0.29) is 12.5 Å². The van der Waals surface area contributed by atoms with Gasteiger partial charge < -0.3 is 16.2 Å². The normalized spacial score (nSPS) is 11.1. The van der Waals surface area contributed by atoms with Crippen molar-refractivity contribution in [3.63, 3.8) is 0 Å². The maximum absolute atomic E-state index is 11.9. The predicted molar refractivity (Wildman–Crippen MR) is 82.8 cm³/mol. The summed E-state index contributed by atoms with van der Waals surface area (Å²) in [5.41, 5.74) is 6.49. The molecule has 5 nitrogen and oxygen atoms in total. The van der Waals surface area contributed by atoms with E-state index in [0.717, 1.165) is 5.56 Å².